The Labute approximate surface area is 313 Å². The summed E-state index contributed by atoms with van der Waals surface area (Å²) in [6, 6.07) is 72.1. The Morgan fingerprint density at radius 2 is 1.00 bits per heavy atom. The van der Waals surface area contributed by atoms with Gasteiger partial charge in [-0.3, -0.25) is 4.90 Å². The summed E-state index contributed by atoms with van der Waals surface area (Å²) in [5.74, 6) is 0.881. The molecule has 0 saturated heterocycles. The minimum Gasteiger partial charge on any atom is -0.309 e. The number of rotatable bonds is 5. The van der Waals surface area contributed by atoms with Gasteiger partial charge in [0.05, 0.1) is 28.1 Å². The van der Waals surface area contributed by atoms with E-state index < -0.39 is 0 Å². The van der Waals surface area contributed by atoms with E-state index in [0.717, 1.165) is 50.8 Å². The van der Waals surface area contributed by atoms with Gasteiger partial charge in [0.15, 0.2) is 0 Å². The van der Waals surface area contributed by atoms with Crippen LogP contribution in [0.15, 0.2) is 200 Å². The molecular weight excluding hydrogens is 655 g/mol. The van der Waals surface area contributed by atoms with Crippen molar-refractivity contribution in [3.05, 3.63) is 200 Å². The standard InChI is InChI=1S/C51H33N3/c1-5-15-34(16-6-1)38-27-28-46-42(29-38)44-32-43-41-25-13-21-37-22-14-26-47(51(37)41)54(49(43)33-48(44)53(46)40-23-11-4-12-24-40)50-31-39(35-17-7-2-8-18-35)30-45(52-50)36-19-9-3-10-20-36/h1-33H. The van der Waals surface area contributed by atoms with Gasteiger partial charge in [0.1, 0.15) is 5.82 Å². The minimum atomic E-state index is 0.881. The predicted octanol–water partition coefficient (Wildman–Crippen LogP) is 13.8. The van der Waals surface area contributed by atoms with Crippen LogP contribution in [0.5, 0.6) is 0 Å². The summed E-state index contributed by atoms with van der Waals surface area (Å²) in [4.78, 5) is 7.87. The summed E-state index contributed by atoms with van der Waals surface area (Å²) in [6.07, 6.45) is 0. The zero-order valence-electron chi connectivity index (χ0n) is 29.4. The highest BCUT2D eigenvalue weighted by atomic mass is 15.2. The molecule has 0 saturated carbocycles. The highest BCUT2D eigenvalue weighted by Gasteiger charge is 2.29. The van der Waals surface area contributed by atoms with Crippen LogP contribution >= 0.6 is 0 Å². The van der Waals surface area contributed by atoms with E-state index in [-0.39, 0.29) is 0 Å². The van der Waals surface area contributed by atoms with Crippen molar-refractivity contribution in [1.82, 2.24) is 9.55 Å². The first-order valence-corrected chi connectivity index (χ1v) is 18.5. The number of para-hydroxylation sites is 1. The molecule has 0 radical (unpaired) electrons. The Morgan fingerprint density at radius 1 is 0.370 bits per heavy atom. The van der Waals surface area contributed by atoms with E-state index in [1.165, 1.54) is 49.3 Å². The molecule has 0 atom stereocenters. The van der Waals surface area contributed by atoms with Crippen molar-refractivity contribution in [3.63, 3.8) is 0 Å². The third kappa shape index (κ3) is 4.79. The largest absolute Gasteiger partial charge is 0.309 e. The van der Waals surface area contributed by atoms with Gasteiger partial charge in [0.25, 0.3) is 0 Å². The first-order chi connectivity index (χ1) is 26.8. The quantitative estimate of drug-likeness (QED) is 0.180. The molecule has 252 valence electrons. The molecule has 8 aromatic carbocycles. The Morgan fingerprint density at radius 3 is 1.72 bits per heavy atom. The van der Waals surface area contributed by atoms with Crippen molar-refractivity contribution < 1.29 is 0 Å². The van der Waals surface area contributed by atoms with Crippen LogP contribution in [0.1, 0.15) is 0 Å². The Hall–Kier alpha value is -7.23. The molecule has 0 spiro atoms. The van der Waals surface area contributed by atoms with Gasteiger partial charge in [-0.05, 0) is 87.8 Å². The number of fused-ring (bicyclic) bond motifs is 5. The van der Waals surface area contributed by atoms with E-state index in [1.54, 1.807) is 0 Å². The molecule has 0 N–H and O–H groups in total. The van der Waals surface area contributed by atoms with Crippen LogP contribution in [0.25, 0.3) is 82.9 Å². The van der Waals surface area contributed by atoms with Gasteiger partial charge in [-0.15, -0.1) is 0 Å². The van der Waals surface area contributed by atoms with Crippen molar-refractivity contribution in [3.8, 4) is 50.3 Å². The maximum absolute atomic E-state index is 5.48. The van der Waals surface area contributed by atoms with Gasteiger partial charge < -0.3 is 4.57 Å². The van der Waals surface area contributed by atoms with Gasteiger partial charge in [0.2, 0.25) is 0 Å². The van der Waals surface area contributed by atoms with E-state index in [4.69, 9.17) is 4.98 Å². The van der Waals surface area contributed by atoms with Gasteiger partial charge in [-0.25, -0.2) is 4.98 Å². The number of aromatic nitrogens is 2. The molecule has 0 fully saturated rings. The van der Waals surface area contributed by atoms with Gasteiger partial charge in [0, 0.05) is 33.0 Å². The smallest absolute Gasteiger partial charge is 0.138 e. The van der Waals surface area contributed by atoms with Crippen LogP contribution in [-0.2, 0) is 0 Å². The van der Waals surface area contributed by atoms with Crippen LogP contribution in [0.3, 0.4) is 0 Å². The molecule has 0 aliphatic carbocycles. The molecule has 11 rings (SSSR count). The average Bonchev–Trinajstić information content (AvgIpc) is 3.57. The SMILES string of the molecule is c1ccc(-c2cc(-c3ccccc3)nc(N3c4cc5c(cc4-c4cccc6cccc3c46)c3cc(-c4ccccc4)ccc3n5-c3ccccc3)c2)cc1. The van der Waals surface area contributed by atoms with Crippen molar-refractivity contribution in [2.75, 3.05) is 4.90 Å². The summed E-state index contributed by atoms with van der Waals surface area (Å²) in [6.45, 7) is 0. The first kappa shape index (κ1) is 30.4. The van der Waals surface area contributed by atoms with Crippen LogP contribution in [-0.4, -0.2) is 9.55 Å². The monoisotopic (exact) mass is 687 g/mol. The number of pyridine rings is 1. The minimum absolute atomic E-state index is 0.881. The lowest BCUT2D eigenvalue weighted by Crippen LogP contribution is -2.17. The summed E-state index contributed by atoms with van der Waals surface area (Å²) in [5.41, 5.74) is 14.8. The molecular formula is C51H33N3. The molecule has 3 heteroatoms. The second-order valence-corrected chi connectivity index (χ2v) is 14.0. The molecule has 3 nitrogen and oxygen atoms in total. The lowest BCUT2D eigenvalue weighted by Gasteiger charge is -2.33. The van der Waals surface area contributed by atoms with Crippen LogP contribution in [0.2, 0.25) is 0 Å². The normalized spacial score (nSPS) is 12.0. The number of anilines is 3. The van der Waals surface area contributed by atoms with Gasteiger partial charge in [-0.1, -0.05) is 146 Å². The van der Waals surface area contributed by atoms with E-state index in [1.807, 2.05) is 0 Å². The molecule has 0 bridgehead atoms. The maximum atomic E-state index is 5.48. The molecule has 3 heterocycles. The molecule has 0 amide bonds. The fourth-order valence-electron chi connectivity index (χ4n) is 8.41. The van der Waals surface area contributed by atoms with Crippen molar-refractivity contribution in [1.29, 1.82) is 0 Å². The lowest BCUT2D eigenvalue weighted by molar-refractivity contribution is 1.16. The molecule has 2 aromatic heterocycles. The van der Waals surface area contributed by atoms with Gasteiger partial charge >= 0.3 is 0 Å². The topological polar surface area (TPSA) is 21.1 Å². The fraction of sp³-hybridized carbons (Fsp3) is 0. The van der Waals surface area contributed by atoms with E-state index in [0.29, 0.717) is 0 Å². The van der Waals surface area contributed by atoms with Crippen LogP contribution in [0.4, 0.5) is 17.2 Å². The second-order valence-electron chi connectivity index (χ2n) is 14.0. The zero-order chi connectivity index (χ0) is 35.6. The summed E-state index contributed by atoms with van der Waals surface area (Å²) in [5, 5.41) is 4.89. The summed E-state index contributed by atoms with van der Waals surface area (Å²) < 4.78 is 2.42. The highest BCUT2D eigenvalue weighted by Crippen LogP contribution is 2.53. The lowest BCUT2D eigenvalue weighted by atomic mass is 9.90. The van der Waals surface area contributed by atoms with E-state index >= 15 is 0 Å². The zero-order valence-corrected chi connectivity index (χ0v) is 29.4. The highest BCUT2D eigenvalue weighted by molar-refractivity contribution is 6.19. The Balaban J connectivity index is 1.25. The molecule has 0 unspecified atom stereocenters. The first-order valence-electron chi connectivity index (χ1n) is 18.5. The van der Waals surface area contributed by atoms with E-state index in [9.17, 15) is 0 Å². The number of hydrogen-bond acceptors (Lipinski definition) is 2. The third-order valence-corrected chi connectivity index (χ3v) is 10.9. The van der Waals surface area contributed by atoms with Crippen LogP contribution in [0, 0.1) is 0 Å². The molecule has 1 aliphatic rings. The molecule has 54 heavy (non-hydrogen) atoms. The van der Waals surface area contributed by atoms with Crippen molar-refractivity contribution in [2.24, 2.45) is 0 Å². The van der Waals surface area contributed by atoms with Crippen molar-refractivity contribution >= 4 is 49.8 Å². The maximum Gasteiger partial charge on any atom is 0.138 e. The predicted molar refractivity (Wildman–Crippen MR) is 226 cm³/mol. The fourth-order valence-corrected chi connectivity index (χ4v) is 8.41. The summed E-state index contributed by atoms with van der Waals surface area (Å²) in [7, 11) is 0. The average molecular weight is 688 g/mol. The number of hydrogen-bond donors (Lipinski definition) is 0. The van der Waals surface area contributed by atoms with Gasteiger partial charge in [-0.2, -0.15) is 0 Å². The molecule has 1 aliphatic heterocycles. The van der Waals surface area contributed by atoms with E-state index in [2.05, 4.69) is 210 Å². The molecule has 10 aromatic rings. The third-order valence-electron chi connectivity index (χ3n) is 10.9. The van der Waals surface area contributed by atoms with Crippen molar-refractivity contribution in [2.45, 2.75) is 0 Å². The number of benzene rings is 8. The Kier molecular flexibility index (Phi) is 6.86. The summed E-state index contributed by atoms with van der Waals surface area (Å²) >= 11 is 0. The van der Waals surface area contributed by atoms with Crippen LogP contribution < -0.4 is 4.90 Å². The number of nitrogens with zero attached hydrogens (tertiary/aromatic N) is 3. The second kappa shape index (κ2) is 12.2. The Bertz CT molecular complexity index is 2960.